The molecule has 3 nitrogen and oxygen atoms in total. The lowest BCUT2D eigenvalue weighted by Crippen LogP contribution is -1.99. The van der Waals surface area contributed by atoms with Gasteiger partial charge >= 0.3 is 5.97 Å². The lowest BCUT2D eigenvalue weighted by atomic mass is 9.96. The molecule has 0 spiro atoms. The summed E-state index contributed by atoms with van der Waals surface area (Å²) in [6, 6.07) is 2.06. The molecule has 0 aliphatic carbocycles. The topological polar surface area (TPSA) is 46.5 Å². The molecule has 0 aliphatic heterocycles. The van der Waals surface area contributed by atoms with Gasteiger partial charge in [-0.05, 0) is 68.5 Å². The highest BCUT2D eigenvalue weighted by Crippen LogP contribution is 2.28. The molecule has 0 saturated heterocycles. The van der Waals surface area contributed by atoms with Crippen molar-refractivity contribution in [3.63, 3.8) is 0 Å². The molecule has 0 atom stereocenters. The number of aliphatic carboxylic acids is 1. The quantitative estimate of drug-likeness (QED) is 0.369. The average Bonchev–Trinajstić information content (AvgIpc) is 2.56. The van der Waals surface area contributed by atoms with Crippen molar-refractivity contribution in [1.29, 1.82) is 0 Å². The Morgan fingerprint density at radius 2 is 1.85 bits per heavy atom. The molecule has 1 N–H and O–H groups in total. The Morgan fingerprint density at radius 3 is 2.46 bits per heavy atom. The maximum Gasteiger partial charge on any atom is 0.328 e. The molecule has 1 aromatic rings. The van der Waals surface area contributed by atoms with Crippen molar-refractivity contribution in [1.82, 2.24) is 0 Å². The fourth-order valence-electron chi connectivity index (χ4n) is 2.49. The van der Waals surface area contributed by atoms with Gasteiger partial charge in [0.1, 0.15) is 12.4 Å². The molecule has 0 aromatic heterocycles. The summed E-state index contributed by atoms with van der Waals surface area (Å²) in [7, 11) is 0. The minimum absolute atomic E-state index is 0.499. The Bertz CT molecular complexity index is 790. The zero-order chi connectivity index (χ0) is 19.7. The first-order valence-corrected chi connectivity index (χ1v) is 8.55. The molecule has 0 heterocycles. The molecule has 138 valence electrons. The summed E-state index contributed by atoms with van der Waals surface area (Å²) < 4.78 is 5.72. The summed E-state index contributed by atoms with van der Waals surface area (Å²) in [4.78, 5) is 10.6. The van der Waals surface area contributed by atoms with E-state index in [0.717, 1.165) is 22.4 Å². The molecule has 1 rings (SSSR count). The van der Waals surface area contributed by atoms with E-state index >= 15 is 0 Å². The van der Waals surface area contributed by atoms with Gasteiger partial charge in [0, 0.05) is 6.08 Å². The fraction of sp³-hybridized carbons (Fsp3) is 0.261. The smallest absolute Gasteiger partial charge is 0.328 e. The Morgan fingerprint density at radius 1 is 1.15 bits per heavy atom. The van der Waals surface area contributed by atoms with Crippen molar-refractivity contribution in [2.45, 2.75) is 34.6 Å². The van der Waals surface area contributed by atoms with Gasteiger partial charge in [-0.25, -0.2) is 4.79 Å². The summed E-state index contributed by atoms with van der Waals surface area (Å²) in [5.41, 5.74) is 6.45. The van der Waals surface area contributed by atoms with Crippen LogP contribution in [0, 0.1) is 20.8 Å². The van der Waals surface area contributed by atoms with E-state index in [9.17, 15) is 4.79 Å². The van der Waals surface area contributed by atoms with Crippen LogP contribution in [-0.4, -0.2) is 17.7 Å². The van der Waals surface area contributed by atoms with Crippen LogP contribution < -0.4 is 4.74 Å². The van der Waals surface area contributed by atoms with Crippen LogP contribution in [0.1, 0.15) is 36.1 Å². The van der Waals surface area contributed by atoms with Crippen LogP contribution in [0.25, 0.3) is 6.08 Å². The molecule has 0 saturated carbocycles. The predicted octanol–water partition coefficient (Wildman–Crippen LogP) is 5.72. The Labute approximate surface area is 156 Å². The standard InChI is InChI=1S/C23H28O3/c1-7-13-26-22-15-18(4)21(19(5)20(22)6)12-11-16(2)9-8-10-17(3)14-23(24)25/h7-12,14-15H,1,13H2,2-6H3,(H,24,25). The number of carboxylic acids is 1. The van der Waals surface area contributed by atoms with E-state index in [1.54, 1.807) is 19.1 Å². The molecule has 0 fully saturated rings. The van der Waals surface area contributed by atoms with Crippen molar-refractivity contribution >= 4 is 12.0 Å². The number of ether oxygens (including phenoxy) is 1. The molecule has 26 heavy (non-hydrogen) atoms. The van der Waals surface area contributed by atoms with E-state index in [0.29, 0.717) is 12.2 Å². The summed E-state index contributed by atoms with van der Waals surface area (Å²) in [6.07, 6.45) is 12.7. The molecular formula is C23H28O3. The van der Waals surface area contributed by atoms with E-state index in [2.05, 4.69) is 45.6 Å². The Balaban J connectivity index is 2.98. The Hall–Kier alpha value is -2.81. The summed E-state index contributed by atoms with van der Waals surface area (Å²) in [5, 5.41) is 8.69. The molecule has 1 aromatic carbocycles. The number of allylic oxidation sites excluding steroid dienone is 6. The third-order valence-electron chi connectivity index (χ3n) is 4.05. The predicted molar refractivity (Wildman–Crippen MR) is 110 cm³/mol. The second-order valence-electron chi connectivity index (χ2n) is 6.28. The third kappa shape index (κ3) is 6.60. The maximum atomic E-state index is 10.6. The van der Waals surface area contributed by atoms with Gasteiger partial charge < -0.3 is 9.84 Å². The Kier molecular flexibility index (Phi) is 8.36. The van der Waals surface area contributed by atoms with Gasteiger partial charge in [0.25, 0.3) is 0 Å². The highest BCUT2D eigenvalue weighted by atomic mass is 16.5. The maximum absolute atomic E-state index is 10.6. The number of hydrogen-bond donors (Lipinski definition) is 1. The second kappa shape index (κ2) is 10.2. The van der Waals surface area contributed by atoms with Crippen molar-refractivity contribution in [2.75, 3.05) is 6.61 Å². The van der Waals surface area contributed by atoms with Gasteiger partial charge in [-0.2, -0.15) is 0 Å². The number of carboxylic acid groups (broad SMARTS) is 1. The van der Waals surface area contributed by atoms with Gasteiger partial charge in [0.2, 0.25) is 0 Å². The number of rotatable bonds is 8. The molecule has 0 aliphatic rings. The van der Waals surface area contributed by atoms with Crippen LogP contribution in [-0.2, 0) is 4.79 Å². The number of aryl methyl sites for hydroxylation is 1. The first-order chi connectivity index (χ1) is 12.3. The van der Waals surface area contributed by atoms with Crippen LogP contribution in [0.5, 0.6) is 5.75 Å². The van der Waals surface area contributed by atoms with Gasteiger partial charge in [0.05, 0.1) is 0 Å². The van der Waals surface area contributed by atoms with Crippen molar-refractivity contribution < 1.29 is 14.6 Å². The first-order valence-electron chi connectivity index (χ1n) is 8.55. The summed E-state index contributed by atoms with van der Waals surface area (Å²) in [5.74, 6) is -0.0393. The monoisotopic (exact) mass is 352 g/mol. The van der Waals surface area contributed by atoms with Gasteiger partial charge in [-0.15, -0.1) is 0 Å². The normalized spacial score (nSPS) is 12.8. The molecule has 0 radical (unpaired) electrons. The fourth-order valence-corrected chi connectivity index (χ4v) is 2.49. The molecular weight excluding hydrogens is 324 g/mol. The zero-order valence-corrected chi connectivity index (χ0v) is 16.3. The lowest BCUT2D eigenvalue weighted by molar-refractivity contribution is -0.131. The number of hydrogen-bond acceptors (Lipinski definition) is 2. The van der Waals surface area contributed by atoms with E-state index in [4.69, 9.17) is 9.84 Å². The molecule has 0 unspecified atom stereocenters. The highest BCUT2D eigenvalue weighted by molar-refractivity contribution is 5.81. The third-order valence-corrected chi connectivity index (χ3v) is 4.05. The van der Waals surface area contributed by atoms with E-state index in [1.807, 2.05) is 19.1 Å². The van der Waals surface area contributed by atoms with E-state index in [1.165, 1.54) is 17.2 Å². The lowest BCUT2D eigenvalue weighted by Gasteiger charge is -2.15. The van der Waals surface area contributed by atoms with Crippen molar-refractivity contribution in [2.24, 2.45) is 0 Å². The molecule has 0 bridgehead atoms. The highest BCUT2D eigenvalue weighted by Gasteiger charge is 2.09. The minimum atomic E-state index is -0.936. The van der Waals surface area contributed by atoms with Crippen molar-refractivity contribution in [3.05, 3.63) is 82.5 Å². The zero-order valence-electron chi connectivity index (χ0n) is 16.3. The number of benzene rings is 1. The summed E-state index contributed by atoms with van der Waals surface area (Å²) >= 11 is 0. The SMILES string of the molecule is C=CCOc1cc(C)c(C=CC(C)=CC=CC(C)=CC(=O)O)c(C)c1C. The average molecular weight is 352 g/mol. The largest absolute Gasteiger partial charge is 0.489 e. The van der Waals surface area contributed by atoms with Crippen LogP contribution >= 0.6 is 0 Å². The molecule has 3 heteroatoms. The van der Waals surface area contributed by atoms with Gasteiger partial charge in [-0.1, -0.05) is 48.6 Å². The van der Waals surface area contributed by atoms with Crippen LogP contribution in [0.15, 0.2) is 60.2 Å². The van der Waals surface area contributed by atoms with Gasteiger partial charge in [0.15, 0.2) is 0 Å². The van der Waals surface area contributed by atoms with E-state index in [-0.39, 0.29) is 0 Å². The van der Waals surface area contributed by atoms with Crippen molar-refractivity contribution in [3.8, 4) is 5.75 Å². The van der Waals surface area contributed by atoms with Crippen LogP contribution in [0.3, 0.4) is 0 Å². The molecule has 0 amide bonds. The second-order valence-corrected chi connectivity index (χ2v) is 6.28. The summed E-state index contributed by atoms with van der Waals surface area (Å²) in [6.45, 7) is 14.2. The number of carbonyl (C=O) groups is 1. The van der Waals surface area contributed by atoms with Crippen LogP contribution in [0.4, 0.5) is 0 Å². The minimum Gasteiger partial charge on any atom is -0.489 e. The first kappa shape index (κ1) is 21.2. The van der Waals surface area contributed by atoms with E-state index < -0.39 is 5.97 Å². The van der Waals surface area contributed by atoms with Gasteiger partial charge in [-0.3, -0.25) is 0 Å². The van der Waals surface area contributed by atoms with Crippen LogP contribution in [0.2, 0.25) is 0 Å².